The normalized spacial score (nSPS) is 11.0. The van der Waals surface area contributed by atoms with Gasteiger partial charge in [0.25, 0.3) is 5.69 Å². The van der Waals surface area contributed by atoms with E-state index in [-0.39, 0.29) is 35.0 Å². The minimum Gasteiger partial charge on any atom is -0.462 e. The molecule has 0 radical (unpaired) electrons. The number of nitro groups is 1. The number of furan rings is 1. The summed E-state index contributed by atoms with van der Waals surface area (Å²) in [6, 6.07) is 9.34. The van der Waals surface area contributed by atoms with Crippen LogP contribution >= 0.6 is 15.9 Å². The van der Waals surface area contributed by atoms with Crippen LogP contribution in [-0.4, -0.2) is 17.5 Å². The first-order valence-corrected chi connectivity index (χ1v) is 7.58. The molecule has 2 rings (SSSR count). The Bertz CT molecular complexity index is 864. The molecule has 0 saturated carbocycles. The van der Waals surface area contributed by atoms with Gasteiger partial charge in [-0.05, 0) is 31.2 Å². The monoisotopic (exact) mass is 390 g/mol. The van der Waals surface area contributed by atoms with Crippen molar-refractivity contribution in [2.24, 2.45) is 0 Å². The highest BCUT2D eigenvalue weighted by molar-refractivity contribution is 9.10. The minimum absolute atomic E-state index is 0.125. The van der Waals surface area contributed by atoms with Crippen LogP contribution < -0.4 is 0 Å². The second-order valence-electron chi connectivity index (χ2n) is 4.51. The number of nitriles is 1. The van der Waals surface area contributed by atoms with Crippen LogP contribution in [-0.2, 0) is 9.53 Å². The number of hydrogen-bond donors (Lipinski definition) is 0. The highest BCUT2D eigenvalue weighted by Gasteiger charge is 2.19. The number of carbonyl (C=O) groups excluding carboxylic acids is 1. The van der Waals surface area contributed by atoms with Gasteiger partial charge in [-0.1, -0.05) is 15.9 Å². The number of hydrogen-bond acceptors (Lipinski definition) is 6. The molecule has 2 aromatic rings. The molecule has 0 unspecified atom stereocenters. The van der Waals surface area contributed by atoms with Crippen molar-refractivity contribution in [1.29, 1.82) is 5.26 Å². The summed E-state index contributed by atoms with van der Waals surface area (Å²) in [5.41, 5.74) is -0.0549. The third-order valence-electron chi connectivity index (χ3n) is 2.95. The molecule has 8 heteroatoms. The molecule has 0 amide bonds. The molecule has 0 atom stereocenters. The van der Waals surface area contributed by atoms with E-state index in [0.717, 1.165) is 0 Å². The van der Waals surface area contributed by atoms with Crippen molar-refractivity contribution in [3.63, 3.8) is 0 Å². The Morgan fingerprint density at radius 2 is 2.21 bits per heavy atom. The summed E-state index contributed by atoms with van der Waals surface area (Å²) in [6.45, 7) is 1.77. The van der Waals surface area contributed by atoms with Crippen LogP contribution in [0.4, 0.5) is 5.69 Å². The van der Waals surface area contributed by atoms with Gasteiger partial charge >= 0.3 is 5.97 Å². The second-order valence-corrected chi connectivity index (χ2v) is 5.43. The second kappa shape index (κ2) is 7.57. The Morgan fingerprint density at radius 3 is 2.83 bits per heavy atom. The Kier molecular flexibility index (Phi) is 5.50. The molecule has 0 N–H and O–H groups in total. The van der Waals surface area contributed by atoms with E-state index >= 15 is 0 Å². The van der Waals surface area contributed by atoms with Crippen LogP contribution in [0.15, 0.2) is 44.8 Å². The summed E-state index contributed by atoms with van der Waals surface area (Å²) in [4.78, 5) is 22.2. The number of benzene rings is 1. The SMILES string of the molecule is CCOC(=O)/C(C#N)=C\c1ccc(-c2ccc(Br)cc2[N+](=O)[O-])o1. The predicted octanol–water partition coefficient (Wildman–Crippen LogP) is 4.09. The first-order valence-electron chi connectivity index (χ1n) is 6.79. The zero-order valence-electron chi connectivity index (χ0n) is 12.5. The Hall–Kier alpha value is -2.92. The summed E-state index contributed by atoms with van der Waals surface area (Å²) >= 11 is 3.18. The molecule has 122 valence electrons. The fourth-order valence-corrected chi connectivity index (χ4v) is 2.28. The van der Waals surface area contributed by atoms with Gasteiger partial charge in [0.2, 0.25) is 0 Å². The minimum atomic E-state index is -0.757. The van der Waals surface area contributed by atoms with Gasteiger partial charge in [-0.3, -0.25) is 10.1 Å². The van der Waals surface area contributed by atoms with E-state index < -0.39 is 10.9 Å². The molecule has 0 fully saturated rings. The van der Waals surface area contributed by atoms with Crippen molar-refractivity contribution in [2.75, 3.05) is 6.61 Å². The summed E-state index contributed by atoms with van der Waals surface area (Å²) < 4.78 is 10.8. The van der Waals surface area contributed by atoms with E-state index in [1.54, 1.807) is 25.1 Å². The first-order chi connectivity index (χ1) is 11.5. The lowest BCUT2D eigenvalue weighted by molar-refractivity contribution is -0.384. The maximum atomic E-state index is 11.6. The number of halogens is 1. The summed E-state index contributed by atoms with van der Waals surface area (Å²) in [7, 11) is 0. The largest absolute Gasteiger partial charge is 0.462 e. The van der Waals surface area contributed by atoms with E-state index in [1.165, 1.54) is 24.3 Å². The average molecular weight is 391 g/mol. The third-order valence-corrected chi connectivity index (χ3v) is 3.44. The Morgan fingerprint density at radius 1 is 1.46 bits per heavy atom. The molecule has 0 spiro atoms. The number of esters is 1. The van der Waals surface area contributed by atoms with Crippen molar-refractivity contribution in [3.05, 3.63) is 56.3 Å². The molecule has 7 nitrogen and oxygen atoms in total. The van der Waals surface area contributed by atoms with Gasteiger partial charge in [-0.15, -0.1) is 0 Å². The molecule has 0 bridgehead atoms. The summed E-state index contributed by atoms with van der Waals surface area (Å²) in [5.74, 6) is -0.291. The van der Waals surface area contributed by atoms with Crippen LogP contribution in [0.5, 0.6) is 0 Å². The molecule has 0 saturated heterocycles. The van der Waals surface area contributed by atoms with Gasteiger partial charge in [0, 0.05) is 16.6 Å². The third kappa shape index (κ3) is 3.88. The van der Waals surface area contributed by atoms with Crippen molar-refractivity contribution in [2.45, 2.75) is 6.92 Å². The molecule has 0 aliphatic rings. The Labute approximate surface area is 145 Å². The molecular formula is C16H11BrN2O5. The van der Waals surface area contributed by atoms with Gasteiger partial charge in [-0.2, -0.15) is 5.26 Å². The lowest BCUT2D eigenvalue weighted by atomic mass is 10.1. The Balaban J connectivity index is 2.40. The van der Waals surface area contributed by atoms with Crippen LogP contribution in [0.2, 0.25) is 0 Å². The van der Waals surface area contributed by atoms with Gasteiger partial charge in [0.15, 0.2) is 0 Å². The van der Waals surface area contributed by atoms with Gasteiger partial charge in [0.05, 0.1) is 17.1 Å². The van der Waals surface area contributed by atoms with Crippen molar-refractivity contribution >= 4 is 33.7 Å². The van der Waals surface area contributed by atoms with Gasteiger partial charge < -0.3 is 9.15 Å². The fourth-order valence-electron chi connectivity index (χ4n) is 1.93. The van der Waals surface area contributed by atoms with Crippen LogP contribution in [0.3, 0.4) is 0 Å². The molecule has 0 aliphatic heterocycles. The molecule has 1 aromatic carbocycles. The molecule has 1 aromatic heterocycles. The topological polar surface area (TPSA) is 106 Å². The number of nitro benzene ring substituents is 1. The number of rotatable bonds is 5. The standard InChI is InChI=1S/C16H11BrN2O5/c1-2-23-16(20)10(9-18)7-12-4-6-15(24-12)13-5-3-11(17)8-14(13)19(21)22/h3-8H,2H2,1H3/b10-7-. The van der Waals surface area contributed by atoms with E-state index in [2.05, 4.69) is 15.9 Å². The van der Waals surface area contributed by atoms with Crippen molar-refractivity contribution in [3.8, 4) is 17.4 Å². The molecule has 24 heavy (non-hydrogen) atoms. The van der Waals surface area contributed by atoms with Gasteiger partial charge in [0.1, 0.15) is 23.2 Å². The number of carbonyl (C=O) groups is 1. The van der Waals surface area contributed by atoms with Crippen molar-refractivity contribution < 1.29 is 18.9 Å². The molecule has 0 aliphatic carbocycles. The summed E-state index contributed by atoms with van der Waals surface area (Å²) in [6.07, 6.45) is 1.23. The zero-order chi connectivity index (χ0) is 17.7. The maximum absolute atomic E-state index is 11.6. The maximum Gasteiger partial charge on any atom is 0.349 e. The summed E-state index contributed by atoms with van der Waals surface area (Å²) in [5, 5.41) is 20.2. The first kappa shape index (κ1) is 17.4. The average Bonchev–Trinajstić information content (AvgIpc) is 3.01. The van der Waals surface area contributed by atoms with E-state index in [1.807, 2.05) is 0 Å². The van der Waals surface area contributed by atoms with Gasteiger partial charge in [-0.25, -0.2) is 4.79 Å². The van der Waals surface area contributed by atoms with Crippen LogP contribution in [0, 0.1) is 21.4 Å². The highest BCUT2D eigenvalue weighted by Crippen LogP contribution is 2.33. The van der Waals surface area contributed by atoms with Crippen LogP contribution in [0.25, 0.3) is 17.4 Å². The smallest absolute Gasteiger partial charge is 0.349 e. The fraction of sp³-hybridized carbons (Fsp3) is 0.125. The van der Waals surface area contributed by atoms with E-state index in [9.17, 15) is 14.9 Å². The van der Waals surface area contributed by atoms with Crippen LogP contribution in [0.1, 0.15) is 12.7 Å². The predicted molar refractivity (Wildman–Crippen MR) is 88.7 cm³/mol. The quantitative estimate of drug-likeness (QED) is 0.250. The lowest BCUT2D eigenvalue weighted by Crippen LogP contribution is -2.05. The van der Waals surface area contributed by atoms with E-state index in [0.29, 0.717) is 4.47 Å². The molecular weight excluding hydrogens is 380 g/mol. The zero-order valence-corrected chi connectivity index (χ0v) is 14.1. The van der Waals surface area contributed by atoms with E-state index in [4.69, 9.17) is 14.4 Å². The van der Waals surface area contributed by atoms with Crippen molar-refractivity contribution in [1.82, 2.24) is 0 Å². The molecule has 1 heterocycles. The number of nitrogens with zero attached hydrogens (tertiary/aromatic N) is 2. The lowest BCUT2D eigenvalue weighted by Gasteiger charge is -2.00. The number of ether oxygens (including phenoxy) is 1. The highest BCUT2D eigenvalue weighted by atomic mass is 79.9.